The number of nitrogens with one attached hydrogen (secondary N) is 1. The van der Waals surface area contributed by atoms with Crippen LogP contribution < -0.4 is 5.32 Å². The molecule has 3 rings (SSSR count). The zero-order valence-electron chi connectivity index (χ0n) is 13.5. The Morgan fingerprint density at radius 3 is 2.95 bits per heavy atom. The predicted molar refractivity (Wildman–Crippen MR) is 87.7 cm³/mol. The van der Waals surface area contributed by atoms with Gasteiger partial charge in [0.05, 0.1) is 18.8 Å². The molecule has 1 aromatic carbocycles. The average molecular weight is 299 g/mol. The standard InChI is InChI=1S/C18H25N3O/c1-13-17(14(2)21(20-13)10-11-22)12-19-18-9-5-7-15-6-3-4-8-16(15)18/h3-4,6,8,18-19,22H,5,7,9-12H2,1-2H3/t18-/m1/s1. The van der Waals surface area contributed by atoms with Crippen LogP contribution in [0.4, 0.5) is 0 Å². The van der Waals surface area contributed by atoms with Crippen molar-refractivity contribution in [3.05, 3.63) is 52.3 Å². The van der Waals surface area contributed by atoms with Crippen molar-refractivity contribution in [3.8, 4) is 0 Å². The first-order valence-corrected chi connectivity index (χ1v) is 8.15. The van der Waals surface area contributed by atoms with Gasteiger partial charge in [0, 0.05) is 23.8 Å². The number of aliphatic hydroxyl groups excluding tert-OH is 1. The fraction of sp³-hybridized carbons (Fsp3) is 0.500. The van der Waals surface area contributed by atoms with Crippen LogP contribution in [-0.4, -0.2) is 21.5 Å². The van der Waals surface area contributed by atoms with E-state index in [0.29, 0.717) is 12.6 Å². The van der Waals surface area contributed by atoms with Gasteiger partial charge in [-0.25, -0.2) is 0 Å². The number of hydrogen-bond donors (Lipinski definition) is 2. The summed E-state index contributed by atoms with van der Waals surface area (Å²) in [5.74, 6) is 0. The van der Waals surface area contributed by atoms with Crippen molar-refractivity contribution in [2.45, 2.75) is 52.2 Å². The van der Waals surface area contributed by atoms with E-state index in [1.54, 1.807) is 0 Å². The highest BCUT2D eigenvalue weighted by Crippen LogP contribution is 2.30. The highest BCUT2D eigenvalue weighted by molar-refractivity contribution is 5.32. The summed E-state index contributed by atoms with van der Waals surface area (Å²) in [5.41, 5.74) is 6.41. The molecule has 0 radical (unpaired) electrons. The van der Waals surface area contributed by atoms with Crippen molar-refractivity contribution >= 4 is 0 Å². The van der Waals surface area contributed by atoms with Gasteiger partial charge in [0.15, 0.2) is 0 Å². The Bertz CT molecular complexity index is 648. The van der Waals surface area contributed by atoms with Crippen LogP contribution in [-0.2, 0) is 19.5 Å². The highest BCUT2D eigenvalue weighted by atomic mass is 16.3. The smallest absolute Gasteiger partial charge is 0.0644 e. The van der Waals surface area contributed by atoms with E-state index in [1.807, 2.05) is 11.6 Å². The molecule has 1 aliphatic carbocycles. The summed E-state index contributed by atoms with van der Waals surface area (Å²) in [6, 6.07) is 9.20. The third-order valence-corrected chi connectivity index (χ3v) is 4.74. The number of rotatable bonds is 5. The molecule has 1 atom stereocenters. The van der Waals surface area contributed by atoms with Crippen molar-refractivity contribution in [2.24, 2.45) is 0 Å². The van der Waals surface area contributed by atoms with E-state index in [-0.39, 0.29) is 6.61 Å². The summed E-state index contributed by atoms with van der Waals surface area (Å²) >= 11 is 0. The van der Waals surface area contributed by atoms with Crippen LogP contribution in [0.2, 0.25) is 0 Å². The lowest BCUT2D eigenvalue weighted by molar-refractivity contribution is 0.267. The fourth-order valence-corrected chi connectivity index (χ4v) is 3.49. The molecule has 22 heavy (non-hydrogen) atoms. The summed E-state index contributed by atoms with van der Waals surface area (Å²) in [6.45, 7) is 5.67. The molecular weight excluding hydrogens is 274 g/mol. The third-order valence-electron chi connectivity index (χ3n) is 4.74. The summed E-state index contributed by atoms with van der Waals surface area (Å²) in [4.78, 5) is 0. The van der Waals surface area contributed by atoms with Gasteiger partial charge in [-0.05, 0) is 44.2 Å². The minimum absolute atomic E-state index is 0.130. The van der Waals surface area contributed by atoms with Gasteiger partial charge in [-0.15, -0.1) is 0 Å². The molecular formula is C18H25N3O. The van der Waals surface area contributed by atoms with Crippen LogP contribution in [0.25, 0.3) is 0 Å². The highest BCUT2D eigenvalue weighted by Gasteiger charge is 2.20. The molecule has 0 fully saturated rings. The largest absolute Gasteiger partial charge is 0.394 e. The molecule has 0 saturated heterocycles. The first kappa shape index (κ1) is 15.3. The zero-order chi connectivity index (χ0) is 15.5. The SMILES string of the molecule is Cc1nn(CCO)c(C)c1CN[C@@H]1CCCc2ccccc21. The summed E-state index contributed by atoms with van der Waals surface area (Å²) < 4.78 is 1.90. The maximum atomic E-state index is 9.11. The minimum Gasteiger partial charge on any atom is -0.394 e. The van der Waals surface area contributed by atoms with Gasteiger partial charge < -0.3 is 10.4 Å². The number of aryl methyl sites for hydroxylation is 2. The van der Waals surface area contributed by atoms with Crippen LogP contribution in [0.1, 0.15) is 47.0 Å². The van der Waals surface area contributed by atoms with Crippen molar-refractivity contribution < 1.29 is 5.11 Å². The Morgan fingerprint density at radius 2 is 2.14 bits per heavy atom. The molecule has 118 valence electrons. The molecule has 0 spiro atoms. The number of fused-ring (bicyclic) bond motifs is 1. The molecule has 0 unspecified atom stereocenters. The quantitative estimate of drug-likeness (QED) is 0.892. The monoisotopic (exact) mass is 299 g/mol. The molecule has 1 aliphatic rings. The molecule has 2 N–H and O–H groups in total. The van der Waals surface area contributed by atoms with Crippen LogP contribution in [0, 0.1) is 13.8 Å². The fourth-order valence-electron chi connectivity index (χ4n) is 3.49. The van der Waals surface area contributed by atoms with Crippen molar-refractivity contribution in [2.75, 3.05) is 6.61 Å². The second-order valence-corrected chi connectivity index (χ2v) is 6.12. The van der Waals surface area contributed by atoms with E-state index in [2.05, 4.69) is 41.6 Å². The maximum Gasteiger partial charge on any atom is 0.0644 e. The number of benzene rings is 1. The van der Waals surface area contributed by atoms with Crippen LogP contribution in [0.3, 0.4) is 0 Å². The van der Waals surface area contributed by atoms with Crippen LogP contribution in [0.15, 0.2) is 24.3 Å². The summed E-state index contributed by atoms with van der Waals surface area (Å²) in [6.07, 6.45) is 3.64. The Balaban J connectivity index is 1.74. The van der Waals surface area contributed by atoms with E-state index in [1.165, 1.54) is 36.0 Å². The van der Waals surface area contributed by atoms with Crippen molar-refractivity contribution in [1.29, 1.82) is 0 Å². The van der Waals surface area contributed by atoms with Gasteiger partial charge in [0.25, 0.3) is 0 Å². The molecule has 1 heterocycles. The van der Waals surface area contributed by atoms with Gasteiger partial charge in [-0.3, -0.25) is 4.68 Å². The average Bonchev–Trinajstić information content (AvgIpc) is 2.80. The van der Waals surface area contributed by atoms with Gasteiger partial charge in [0.2, 0.25) is 0 Å². The number of aliphatic hydroxyl groups is 1. The Labute approximate surface area is 132 Å². The van der Waals surface area contributed by atoms with Gasteiger partial charge >= 0.3 is 0 Å². The number of nitrogens with zero attached hydrogens (tertiary/aromatic N) is 2. The summed E-state index contributed by atoms with van der Waals surface area (Å²) in [5, 5.41) is 17.4. The lowest BCUT2D eigenvalue weighted by atomic mass is 9.87. The molecule has 2 aromatic rings. The molecule has 0 aliphatic heterocycles. The van der Waals surface area contributed by atoms with Crippen molar-refractivity contribution in [3.63, 3.8) is 0 Å². The predicted octanol–water partition coefficient (Wildman–Crippen LogP) is 2.66. The first-order valence-electron chi connectivity index (χ1n) is 8.15. The van der Waals surface area contributed by atoms with Gasteiger partial charge in [-0.2, -0.15) is 5.10 Å². The molecule has 0 amide bonds. The second-order valence-electron chi connectivity index (χ2n) is 6.12. The molecule has 4 heteroatoms. The van der Waals surface area contributed by atoms with Crippen LogP contribution in [0.5, 0.6) is 0 Å². The summed E-state index contributed by atoms with van der Waals surface area (Å²) in [7, 11) is 0. The molecule has 4 nitrogen and oxygen atoms in total. The van der Waals surface area contributed by atoms with Gasteiger partial charge in [-0.1, -0.05) is 24.3 Å². The Kier molecular flexibility index (Phi) is 4.60. The van der Waals surface area contributed by atoms with E-state index >= 15 is 0 Å². The van der Waals surface area contributed by atoms with E-state index < -0.39 is 0 Å². The van der Waals surface area contributed by atoms with E-state index in [9.17, 15) is 0 Å². The number of aromatic nitrogens is 2. The van der Waals surface area contributed by atoms with Gasteiger partial charge in [0.1, 0.15) is 0 Å². The molecule has 1 aromatic heterocycles. The third kappa shape index (κ3) is 2.94. The first-order chi connectivity index (χ1) is 10.7. The maximum absolute atomic E-state index is 9.11. The topological polar surface area (TPSA) is 50.1 Å². The lowest BCUT2D eigenvalue weighted by Gasteiger charge is -2.26. The Morgan fingerprint density at radius 1 is 1.32 bits per heavy atom. The zero-order valence-corrected chi connectivity index (χ0v) is 13.5. The Hall–Kier alpha value is -1.65. The molecule has 0 bridgehead atoms. The van der Waals surface area contributed by atoms with E-state index in [4.69, 9.17) is 5.11 Å². The van der Waals surface area contributed by atoms with E-state index in [0.717, 1.165) is 17.9 Å². The second kappa shape index (κ2) is 6.63. The lowest BCUT2D eigenvalue weighted by Crippen LogP contribution is -2.25. The van der Waals surface area contributed by atoms with Crippen LogP contribution >= 0.6 is 0 Å². The normalized spacial score (nSPS) is 17.5. The molecule has 0 saturated carbocycles. The number of hydrogen-bond acceptors (Lipinski definition) is 3. The minimum atomic E-state index is 0.130. The van der Waals surface area contributed by atoms with Crippen molar-refractivity contribution in [1.82, 2.24) is 15.1 Å².